The molecule has 3 rings (SSSR count). The van der Waals surface area contributed by atoms with Crippen LogP contribution in [0.3, 0.4) is 0 Å². The van der Waals surface area contributed by atoms with Gasteiger partial charge in [-0.1, -0.05) is 54.1 Å². The summed E-state index contributed by atoms with van der Waals surface area (Å²) in [5.74, 6) is 0. The van der Waals surface area contributed by atoms with E-state index in [0.717, 1.165) is 29.3 Å². The number of carboxylic acid groups (broad SMARTS) is 1. The van der Waals surface area contributed by atoms with Gasteiger partial charge in [0.25, 0.3) is 10.0 Å². The van der Waals surface area contributed by atoms with Gasteiger partial charge in [-0.25, -0.2) is 13.2 Å². The first-order chi connectivity index (χ1) is 15.8. The molecule has 2 aromatic rings. The first-order valence-electron chi connectivity index (χ1n) is 11.0. The van der Waals surface area contributed by atoms with E-state index in [1.165, 1.54) is 24.3 Å². The molecule has 0 radical (unpaired) electrons. The number of amides is 1. The molecule has 2 atom stereocenters. The molecule has 2 aromatic carbocycles. The van der Waals surface area contributed by atoms with E-state index in [9.17, 15) is 23.4 Å². The van der Waals surface area contributed by atoms with Crippen LogP contribution in [0, 0.1) is 0 Å². The van der Waals surface area contributed by atoms with Crippen LogP contribution in [0.25, 0.3) is 0 Å². The van der Waals surface area contributed by atoms with Gasteiger partial charge in [0.2, 0.25) is 0 Å². The molecule has 5 N–H and O–H groups in total. The predicted molar refractivity (Wildman–Crippen MR) is 124 cm³/mol. The van der Waals surface area contributed by atoms with E-state index >= 15 is 0 Å². The number of anilines is 1. The van der Waals surface area contributed by atoms with E-state index in [1.807, 2.05) is 30.3 Å². The molecule has 10 heteroatoms. The summed E-state index contributed by atoms with van der Waals surface area (Å²) in [4.78, 5) is 17.2. The van der Waals surface area contributed by atoms with Crippen LogP contribution in [-0.2, 0) is 21.3 Å². The Balaban J connectivity index is 1.84. The lowest BCUT2D eigenvalue weighted by Crippen LogP contribution is -2.50. The first kappa shape index (κ1) is 25.0. The van der Waals surface area contributed by atoms with Gasteiger partial charge in [0.05, 0.1) is 29.7 Å². The van der Waals surface area contributed by atoms with Crippen molar-refractivity contribution in [2.45, 2.75) is 61.7 Å². The summed E-state index contributed by atoms with van der Waals surface area (Å²) in [5.41, 5.74) is 6.91. The first-order valence-corrected chi connectivity index (χ1v) is 12.5. The number of rotatable bonds is 10. The van der Waals surface area contributed by atoms with E-state index in [4.69, 9.17) is 10.6 Å². The lowest BCUT2D eigenvalue weighted by atomic mass is 9.98. The van der Waals surface area contributed by atoms with Crippen LogP contribution in [0.1, 0.15) is 37.7 Å². The average Bonchev–Trinajstić information content (AvgIpc) is 2.79. The van der Waals surface area contributed by atoms with Crippen molar-refractivity contribution in [1.29, 1.82) is 0 Å². The van der Waals surface area contributed by atoms with E-state index in [-0.39, 0.29) is 17.4 Å². The highest BCUT2D eigenvalue weighted by atomic mass is 32.2. The summed E-state index contributed by atoms with van der Waals surface area (Å²) in [7, 11) is -4.13. The fourth-order valence-electron chi connectivity index (χ4n) is 3.88. The number of sulfonamides is 1. The van der Waals surface area contributed by atoms with Gasteiger partial charge in [0, 0.05) is 5.69 Å². The molecule has 180 valence electrons. The smallest absolute Gasteiger partial charge is 0.404 e. The Kier molecular flexibility index (Phi) is 8.67. The summed E-state index contributed by atoms with van der Waals surface area (Å²) >= 11 is 0. The Labute approximate surface area is 194 Å². The van der Waals surface area contributed by atoms with E-state index in [0.29, 0.717) is 18.5 Å². The van der Waals surface area contributed by atoms with Crippen LogP contribution in [0.2, 0.25) is 0 Å². The van der Waals surface area contributed by atoms with Crippen LogP contribution in [0.15, 0.2) is 59.5 Å². The zero-order valence-electron chi connectivity index (χ0n) is 18.3. The molecule has 9 nitrogen and oxygen atoms in total. The number of hydrogen-bond acceptors (Lipinski definition) is 6. The van der Waals surface area contributed by atoms with Crippen molar-refractivity contribution in [3.63, 3.8) is 0 Å². The molecule has 0 heterocycles. The Morgan fingerprint density at radius 1 is 1.09 bits per heavy atom. The SMILES string of the molecule is Nc1ccc(S(=O)(=O)N(C[C@H](O)[C@H](Cc2ccccc2)NC(=O)O)OC2CCCCC2)cc1. The van der Waals surface area contributed by atoms with Crippen LogP contribution in [0.4, 0.5) is 10.5 Å². The Morgan fingerprint density at radius 3 is 2.33 bits per heavy atom. The van der Waals surface area contributed by atoms with Gasteiger partial charge < -0.3 is 21.3 Å². The molecule has 0 aromatic heterocycles. The fraction of sp³-hybridized carbons (Fsp3) is 0.435. The van der Waals surface area contributed by atoms with Crippen molar-refractivity contribution in [1.82, 2.24) is 9.79 Å². The number of aliphatic hydroxyl groups is 1. The molecule has 33 heavy (non-hydrogen) atoms. The van der Waals surface area contributed by atoms with Gasteiger partial charge in [-0.05, 0) is 49.1 Å². The van der Waals surface area contributed by atoms with Crippen molar-refractivity contribution >= 4 is 21.8 Å². The average molecular weight is 478 g/mol. The van der Waals surface area contributed by atoms with Gasteiger partial charge in [0.1, 0.15) is 0 Å². The molecule has 1 fully saturated rings. The minimum Gasteiger partial charge on any atom is -0.465 e. The zero-order valence-corrected chi connectivity index (χ0v) is 19.2. The Hall–Kier alpha value is -2.66. The largest absolute Gasteiger partial charge is 0.465 e. The van der Waals surface area contributed by atoms with Crippen molar-refractivity contribution in [3.05, 3.63) is 60.2 Å². The highest BCUT2D eigenvalue weighted by molar-refractivity contribution is 7.89. The monoisotopic (exact) mass is 477 g/mol. The highest BCUT2D eigenvalue weighted by Gasteiger charge is 2.34. The number of benzene rings is 2. The van der Waals surface area contributed by atoms with Gasteiger partial charge >= 0.3 is 6.09 Å². The number of nitrogens with two attached hydrogens (primary N) is 1. The summed E-state index contributed by atoms with van der Waals surface area (Å²) in [6, 6.07) is 13.8. The predicted octanol–water partition coefficient (Wildman–Crippen LogP) is 2.76. The number of nitrogens with one attached hydrogen (secondary N) is 1. The molecule has 0 aliphatic heterocycles. The van der Waals surface area contributed by atoms with Crippen molar-refractivity contribution in [2.24, 2.45) is 0 Å². The standard InChI is InChI=1S/C23H31N3O6S/c24-18-11-13-20(14-12-18)33(30,31)26(32-19-9-5-2-6-10-19)16-22(27)21(25-23(28)29)15-17-7-3-1-4-8-17/h1,3-4,7-8,11-14,19,21-22,25,27H,2,5-6,9-10,15-16,24H2,(H,28,29)/t21-,22-/m0/s1. The minimum atomic E-state index is -4.13. The van der Waals surface area contributed by atoms with Gasteiger partial charge in [-0.2, -0.15) is 0 Å². The van der Waals surface area contributed by atoms with Crippen LogP contribution < -0.4 is 11.1 Å². The summed E-state index contributed by atoms with van der Waals surface area (Å²) < 4.78 is 27.5. The maximum Gasteiger partial charge on any atom is 0.404 e. The van der Waals surface area contributed by atoms with E-state index < -0.39 is 34.8 Å². The second-order valence-electron chi connectivity index (χ2n) is 8.24. The molecule has 1 aliphatic rings. The third-order valence-corrected chi connectivity index (χ3v) is 7.31. The maximum absolute atomic E-state index is 13.4. The minimum absolute atomic E-state index is 0.0227. The molecule has 1 saturated carbocycles. The normalized spacial score (nSPS) is 16.9. The molecule has 0 spiro atoms. The van der Waals surface area contributed by atoms with Crippen molar-refractivity contribution < 1.29 is 28.3 Å². The Morgan fingerprint density at radius 2 is 1.73 bits per heavy atom. The second-order valence-corrected chi connectivity index (χ2v) is 10.1. The molecular formula is C23H31N3O6S. The zero-order chi connectivity index (χ0) is 23.8. The van der Waals surface area contributed by atoms with Gasteiger partial charge in [-0.3, -0.25) is 4.84 Å². The fourth-order valence-corrected chi connectivity index (χ4v) is 5.18. The van der Waals surface area contributed by atoms with Crippen molar-refractivity contribution in [3.8, 4) is 0 Å². The summed E-state index contributed by atoms with van der Waals surface area (Å²) in [5, 5.41) is 22.5. The van der Waals surface area contributed by atoms with E-state index in [2.05, 4.69) is 5.32 Å². The third kappa shape index (κ3) is 7.16. The third-order valence-electron chi connectivity index (χ3n) is 5.67. The molecular weight excluding hydrogens is 446 g/mol. The molecule has 0 bridgehead atoms. The molecule has 0 saturated heterocycles. The lowest BCUT2D eigenvalue weighted by molar-refractivity contribution is -0.156. The van der Waals surface area contributed by atoms with Crippen LogP contribution in [0.5, 0.6) is 0 Å². The number of hydroxylamine groups is 1. The summed E-state index contributed by atoms with van der Waals surface area (Å²) in [6.45, 7) is -0.430. The van der Waals surface area contributed by atoms with Crippen molar-refractivity contribution in [2.75, 3.05) is 12.3 Å². The quantitative estimate of drug-likeness (QED) is 0.304. The number of hydrogen-bond donors (Lipinski definition) is 4. The second kappa shape index (κ2) is 11.5. The Bertz CT molecular complexity index is 995. The molecule has 1 aliphatic carbocycles. The van der Waals surface area contributed by atoms with Crippen LogP contribution >= 0.6 is 0 Å². The molecule has 0 unspecified atom stereocenters. The van der Waals surface area contributed by atoms with Gasteiger partial charge in [-0.15, -0.1) is 0 Å². The summed E-state index contributed by atoms with van der Waals surface area (Å²) in [6.07, 6.45) is 1.58. The topological polar surface area (TPSA) is 142 Å². The highest BCUT2D eigenvalue weighted by Crippen LogP contribution is 2.25. The number of nitrogen functional groups attached to an aromatic ring is 1. The van der Waals surface area contributed by atoms with Crippen LogP contribution in [-0.4, -0.2) is 54.0 Å². The number of carbonyl (C=O) groups is 1. The van der Waals surface area contributed by atoms with Gasteiger partial charge in [0.15, 0.2) is 0 Å². The number of nitrogens with zero attached hydrogens (tertiary/aromatic N) is 1. The maximum atomic E-state index is 13.4. The number of aliphatic hydroxyl groups excluding tert-OH is 1. The lowest BCUT2D eigenvalue weighted by Gasteiger charge is -2.32. The molecule has 1 amide bonds. The van der Waals surface area contributed by atoms with E-state index in [1.54, 1.807) is 0 Å².